The highest BCUT2D eigenvalue weighted by Crippen LogP contribution is 2.33. The van der Waals surface area contributed by atoms with Crippen molar-refractivity contribution in [3.63, 3.8) is 0 Å². The molecule has 0 amide bonds. The van der Waals surface area contributed by atoms with Crippen LogP contribution in [0.15, 0.2) is 0 Å². The molecule has 7 nitrogen and oxygen atoms in total. The maximum Gasteiger partial charge on any atom is 0.307 e. The first kappa shape index (κ1) is 33.8. The van der Waals surface area contributed by atoms with E-state index in [1.54, 1.807) is 0 Å². The average Bonchev–Trinajstić information content (AvgIpc) is 3.14. The van der Waals surface area contributed by atoms with Gasteiger partial charge in [-0.25, -0.2) is 0 Å². The van der Waals surface area contributed by atoms with Crippen LogP contribution in [-0.2, 0) is 28.5 Å². The number of hydrogen-bond donors (Lipinski definition) is 0. The van der Waals surface area contributed by atoms with Gasteiger partial charge >= 0.3 is 11.9 Å². The van der Waals surface area contributed by atoms with Gasteiger partial charge in [0.05, 0.1) is 19.1 Å². The summed E-state index contributed by atoms with van der Waals surface area (Å²) in [5, 5.41) is 0. The number of rotatable bonds is 23. The standard InChI is InChI=1S/C30H57NO6/c1-6-7-8-9-13-16-19-28(32)34-22-17-14-11-10-12-15-18-23-35-30-26(3)25(2)27(37-30)24-36-29(33)20-21-31(4)5/h25-27,30H,6-24H2,1-5H3. The highest BCUT2D eigenvalue weighted by molar-refractivity contribution is 5.69. The zero-order valence-corrected chi connectivity index (χ0v) is 24.6. The number of hydrogen-bond acceptors (Lipinski definition) is 7. The fourth-order valence-electron chi connectivity index (χ4n) is 4.55. The Kier molecular flexibility index (Phi) is 19.9. The van der Waals surface area contributed by atoms with Crippen LogP contribution in [0.25, 0.3) is 0 Å². The minimum absolute atomic E-state index is 0.0298. The molecule has 37 heavy (non-hydrogen) atoms. The van der Waals surface area contributed by atoms with Gasteiger partial charge in [-0.3, -0.25) is 9.59 Å². The Hall–Kier alpha value is -1.18. The average molecular weight is 528 g/mol. The molecule has 0 aromatic rings. The van der Waals surface area contributed by atoms with Crippen LogP contribution in [0.5, 0.6) is 0 Å². The largest absolute Gasteiger partial charge is 0.466 e. The second kappa shape index (κ2) is 21.7. The monoisotopic (exact) mass is 527 g/mol. The molecule has 1 aliphatic rings. The van der Waals surface area contributed by atoms with E-state index in [-0.39, 0.29) is 30.3 Å². The fraction of sp³-hybridized carbons (Fsp3) is 0.933. The quantitative estimate of drug-likeness (QED) is 0.111. The Bertz CT molecular complexity index is 584. The number of carbonyl (C=O) groups is 2. The van der Waals surface area contributed by atoms with Gasteiger partial charge in [-0.15, -0.1) is 0 Å². The van der Waals surface area contributed by atoms with Gasteiger partial charge in [0.15, 0.2) is 6.29 Å². The lowest BCUT2D eigenvalue weighted by Crippen LogP contribution is -2.25. The van der Waals surface area contributed by atoms with Crippen molar-refractivity contribution in [2.45, 2.75) is 129 Å². The molecule has 1 heterocycles. The summed E-state index contributed by atoms with van der Waals surface area (Å²) in [6, 6.07) is 0. The topological polar surface area (TPSA) is 74.3 Å². The fourth-order valence-corrected chi connectivity index (χ4v) is 4.55. The molecule has 1 saturated heterocycles. The Balaban J connectivity index is 1.95. The van der Waals surface area contributed by atoms with Crippen LogP contribution in [0.2, 0.25) is 0 Å². The molecule has 0 spiro atoms. The molecule has 7 heteroatoms. The van der Waals surface area contributed by atoms with E-state index < -0.39 is 0 Å². The zero-order valence-electron chi connectivity index (χ0n) is 24.6. The number of esters is 2. The maximum absolute atomic E-state index is 11.9. The van der Waals surface area contributed by atoms with Gasteiger partial charge in [-0.1, -0.05) is 85.0 Å². The van der Waals surface area contributed by atoms with Gasteiger partial charge in [-0.05, 0) is 39.3 Å². The molecule has 1 fully saturated rings. The molecule has 0 saturated carbocycles. The Morgan fingerprint density at radius 3 is 1.92 bits per heavy atom. The minimum atomic E-state index is -0.218. The Labute approximate surface area is 227 Å². The number of unbranched alkanes of at least 4 members (excludes halogenated alkanes) is 11. The smallest absolute Gasteiger partial charge is 0.307 e. The third-order valence-electron chi connectivity index (χ3n) is 7.39. The van der Waals surface area contributed by atoms with Gasteiger partial charge in [-0.2, -0.15) is 0 Å². The van der Waals surface area contributed by atoms with Crippen LogP contribution in [0.3, 0.4) is 0 Å². The van der Waals surface area contributed by atoms with Crippen molar-refractivity contribution in [1.29, 1.82) is 0 Å². The molecule has 0 radical (unpaired) electrons. The van der Waals surface area contributed by atoms with E-state index in [1.807, 2.05) is 19.0 Å². The van der Waals surface area contributed by atoms with E-state index in [0.29, 0.717) is 45.1 Å². The number of carbonyl (C=O) groups excluding carboxylic acids is 2. The van der Waals surface area contributed by atoms with Crippen molar-refractivity contribution in [3.8, 4) is 0 Å². The van der Waals surface area contributed by atoms with E-state index in [1.165, 1.54) is 44.9 Å². The minimum Gasteiger partial charge on any atom is -0.466 e. The summed E-state index contributed by atoms with van der Waals surface area (Å²) >= 11 is 0. The summed E-state index contributed by atoms with van der Waals surface area (Å²) in [6.07, 6.45) is 15.7. The van der Waals surface area contributed by atoms with Crippen molar-refractivity contribution < 1.29 is 28.5 Å². The third-order valence-corrected chi connectivity index (χ3v) is 7.39. The van der Waals surface area contributed by atoms with Gasteiger partial charge in [0.25, 0.3) is 0 Å². The highest BCUT2D eigenvalue weighted by atomic mass is 16.7. The number of nitrogens with zero attached hydrogens (tertiary/aromatic N) is 1. The molecule has 0 bridgehead atoms. The molecular weight excluding hydrogens is 470 g/mol. The van der Waals surface area contributed by atoms with Crippen molar-refractivity contribution >= 4 is 11.9 Å². The van der Waals surface area contributed by atoms with E-state index >= 15 is 0 Å². The molecule has 4 atom stereocenters. The first-order valence-electron chi connectivity index (χ1n) is 15.1. The number of ether oxygens (including phenoxy) is 4. The molecule has 0 aliphatic carbocycles. The predicted octanol–water partition coefficient (Wildman–Crippen LogP) is 6.52. The molecule has 1 aliphatic heterocycles. The second-order valence-electron chi connectivity index (χ2n) is 11.1. The van der Waals surface area contributed by atoms with Gasteiger partial charge in [0.1, 0.15) is 6.61 Å². The van der Waals surface area contributed by atoms with Crippen molar-refractivity contribution in [1.82, 2.24) is 4.90 Å². The zero-order chi connectivity index (χ0) is 27.3. The van der Waals surface area contributed by atoms with Crippen molar-refractivity contribution in [2.24, 2.45) is 11.8 Å². The van der Waals surface area contributed by atoms with Crippen LogP contribution >= 0.6 is 0 Å². The summed E-state index contributed by atoms with van der Waals surface area (Å²) in [7, 11) is 3.89. The van der Waals surface area contributed by atoms with E-state index in [4.69, 9.17) is 18.9 Å². The lowest BCUT2D eigenvalue weighted by Gasteiger charge is -2.16. The van der Waals surface area contributed by atoms with Gasteiger partial charge in [0.2, 0.25) is 0 Å². The molecule has 0 aromatic carbocycles. The van der Waals surface area contributed by atoms with Crippen molar-refractivity contribution in [3.05, 3.63) is 0 Å². The molecule has 4 unspecified atom stereocenters. The maximum atomic E-state index is 11.9. The van der Waals surface area contributed by atoms with E-state index in [0.717, 1.165) is 38.5 Å². The Morgan fingerprint density at radius 1 is 0.703 bits per heavy atom. The summed E-state index contributed by atoms with van der Waals surface area (Å²) in [5.41, 5.74) is 0. The molecule has 218 valence electrons. The third kappa shape index (κ3) is 17.1. The molecular formula is C30H57NO6. The van der Waals surface area contributed by atoms with Crippen LogP contribution in [-0.4, -0.2) is 69.7 Å². The van der Waals surface area contributed by atoms with Gasteiger partial charge in [0, 0.05) is 25.5 Å². The normalized spacial score (nSPS) is 21.5. The summed E-state index contributed by atoms with van der Waals surface area (Å²) in [6.45, 7) is 8.77. The summed E-state index contributed by atoms with van der Waals surface area (Å²) in [4.78, 5) is 25.6. The lowest BCUT2D eigenvalue weighted by molar-refractivity contribution is -0.166. The summed E-state index contributed by atoms with van der Waals surface area (Å²) < 4.78 is 22.8. The predicted molar refractivity (Wildman–Crippen MR) is 148 cm³/mol. The molecule has 0 N–H and O–H groups in total. The second-order valence-corrected chi connectivity index (χ2v) is 11.1. The van der Waals surface area contributed by atoms with Crippen LogP contribution in [0, 0.1) is 11.8 Å². The van der Waals surface area contributed by atoms with E-state index in [2.05, 4.69) is 20.8 Å². The van der Waals surface area contributed by atoms with Crippen LogP contribution < -0.4 is 0 Å². The van der Waals surface area contributed by atoms with Crippen molar-refractivity contribution in [2.75, 3.05) is 40.5 Å². The molecule has 0 aromatic heterocycles. The highest BCUT2D eigenvalue weighted by Gasteiger charge is 2.40. The Morgan fingerprint density at radius 2 is 1.27 bits per heavy atom. The first-order chi connectivity index (χ1) is 17.8. The molecule has 1 rings (SSSR count). The summed E-state index contributed by atoms with van der Waals surface area (Å²) in [5.74, 6) is 0.371. The lowest BCUT2D eigenvalue weighted by atomic mass is 9.94. The van der Waals surface area contributed by atoms with E-state index in [9.17, 15) is 9.59 Å². The SMILES string of the molecule is CCCCCCCCC(=O)OCCCCCCCCCOC1OC(COC(=O)CCN(C)C)C(C)C1C. The van der Waals surface area contributed by atoms with Crippen LogP contribution in [0.1, 0.15) is 117 Å². The first-order valence-corrected chi connectivity index (χ1v) is 15.1. The van der Waals surface area contributed by atoms with Crippen LogP contribution in [0.4, 0.5) is 0 Å². The van der Waals surface area contributed by atoms with Gasteiger partial charge < -0.3 is 23.8 Å².